The zero-order valence-corrected chi connectivity index (χ0v) is 11.7. The van der Waals surface area contributed by atoms with Crippen molar-refractivity contribution >= 4 is 7.60 Å². The van der Waals surface area contributed by atoms with Crippen LogP contribution < -0.4 is 0 Å². The zero-order chi connectivity index (χ0) is 12.3. The molecule has 0 aliphatic carbocycles. The van der Waals surface area contributed by atoms with E-state index in [0.29, 0.717) is 12.6 Å². The monoisotopic (exact) mass is 235 g/mol. The molecular weight excluding hydrogens is 211 g/mol. The van der Waals surface area contributed by atoms with Gasteiger partial charge in [-0.25, -0.2) is 0 Å². The summed E-state index contributed by atoms with van der Waals surface area (Å²) in [6, 6.07) is 0. The minimum atomic E-state index is -3.02. The lowest BCUT2D eigenvalue weighted by Crippen LogP contribution is -2.24. The molecule has 15 heavy (non-hydrogen) atoms. The van der Waals surface area contributed by atoms with Crippen LogP contribution >= 0.6 is 7.60 Å². The van der Waals surface area contributed by atoms with E-state index in [4.69, 9.17) is 9.05 Å². The van der Waals surface area contributed by atoms with E-state index in [2.05, 4.69) is 6.92 Å². The molecule has 0 aromatic heterocycles. The van der Waals surface area contributed by atoms with E-state index >= 15 is 0 Å². The van der Waals surface area contributed by atoms with E-state index < -0.39 is 18.8 Å². The Labute approximate surface area is 94.1 Å². The molecule has 4 heteroatoms. The molecule has 0 fully saturated rings. The Morgan fingerprint density at radius 2 is 1.33 bits per heavy atom. The maximum absolute atomic E-state index is 12.4. The molecule has 0 unspecified atom stereocenters. The molecule has 91 valence electrons. The molecule has 0 bridgehead atoms. The van der Waals surface area contributed by atoms with Gasteiger partial charge in [-0.1, -0.05) is 6.92 Å². The van der Waals surface area contributed by atoms with Gasteiger partial charge in [0.1, 0.15) is 0 Å². The smallest absolute Gasteiger partial charge is 0.303 e. The lowest BCUT2D eigenvalue weighted by molar-refractivity contribution is 0.0494. The summed E-state index contributed by atoms with van der Waals surface area (Å²) in [6.07, 6.45) is 0.908. The van der Waals surface area contributed by atoms with Crippen LogP contribution in [0, 0.1) is 6.92 Å². The summed E-state index contributed by atoms with van der Waals surface area (Å²) in [5.41, 5.74) is -0.925. The van der Waals surface area contributed by atoms with E-state index in [9.17, 15) is 4.57 Å². The molecule has 0 N–H and O–H groups in total. The van der Waals surface area contributed by atoms with Crippen molar-refractivity contribution in [2.45, 2.75) is 59.2 Å². The lowest BCUT2D eigenvalue weighted by Gasteiger charge is -2.31. The highest BCUT2D eigenvalue weighted by atomic mass is 31.2. The van der Waals surface area contributed by atoms with E-state index in [1.54, 1.807) is 0 Å². The summed E-state index contributed by atoms with van der Waals surface area (Å²) in [5.74, 6) is 0. The second-order valence-electron chi connectivity index (χ2n) is 5.60. The fourth-order valence-corrected chi connectivity index (χ4v) is 3.41. The Morgan fingerprint density at radius 3 is 1.53 bits per heavy atom. The van der Waals surface area contributed by atoms with Gasteiger partial charge >= 0.3 is 7.60 Å². The van der Waals surface area contributed by atoms with Gasteiger partial charge in [0.2, 0.25) is 0 Å². The molecular formula is C11H24O3P. The molecule has 0 aliphatic rings. The number of hydrogen-bond acceptors (Lipinski definition) is 3. The highest BCUT2D eigenvalue weighted by molar-refractivity contribution is 7.53. The van der Waals surface area contributed by atoms with Crippen molar-refractivity contribution in [2.24, 2.45) is 0 Å². The average molecular weight is 235 g/mol. The summed E-state index contributed by atoms with van der Waals surface area (Å²) >= 11 is 0. The molecule has 0 aromatic carbocycles. The van der Waals surface area contributed by atoms with Crippen molar-refractivity contribution in [3.63, 3.8) is 0 Å². The largest absolute Gasteiger partial charge is 0.331 e. The van der Waals surface area contributed by atoms with Crippen molar-refractivity contribution < 1.29 is 13.6 Å². The normalized spacial score (nSPS) is 14.3. The highest BCUT2D eigenvalue weighted by Gasteiger charge is 2.34. The van der Waals surface area contributed by atoms with Crippen LogP contribution in [0.1, 0.15) is 48.0 Å². The molecule has 0 aliphatic heterocycles. The lowest BCUT2D eigenvalue weighted by atomic mass is 10.2. The maximum Gasteiger partial charge on any atom is 0.331 e. The molecule has 0 heterocycles. The van der Waals surface area contributed by atoms with Crippen molar-refractivity contribution in [1.82, 2.24) is 0 Å². The predicted molar refractivity (Wildman–Crippen MR) is 64.1 cm³/mol. The van der Waals surface area contributed by atoms with Crippen LogP contribution in [0.3, 0.4) is 0 Å². The van der Waals surface area contributed by atoms with E-state index in [1.165, 1.54) is 0 Å². The Hall–Kier alpha value is 0.150. The maximum atomic E-state index is 12.4. The third-order valence-corrected chi connectivity index (χ3v) is 3.77. The van der Waals surface area contributed by atoms with Gasteiger partial charge in [-0.3, -0.25) is 4.57 Å². The van der Waals surface area contributed by atoms with Gasteiger partial charge in [0, 0.05) is 0 Å². The fourth-order valence-electron chi connectivity index (χ4n) is 1.14. The van der Waals surface area contributed by atoms with Crippen LogP contribution in [0.25, 0.3) is 0 Å². The van der Waals surface area contributed by atoms with Crippen molar-refractivity contribution in [1.29, 1.82) is 0 Å². The van der Waals surface area contributed by atoms with Gasteiger partial charge in [-0.2, -0.15) is 0 Å². The highest BCUT2D eigenvalue weighted by Crippen LogP contribution is 2.54. The second-order valence-corrected chi connectivity index (χ2v) is 7.63. The SMILES string of the molecule is [CH2]CCP(=O)(OC(C)(C)C)OC(C)(C)C. The van der Waals surface area contributed by atoms with Gasteiger partial charge in [0.25, 0.3) is 0 Å². The molecule has 0 aromatic rings. The van der Waals surface area contributed by atoms with Gasteiger partial charge in [0.15, 0.2) is 0 Å². The average Bonchev–Trinajstić information content (AvgIpc) is 1.74. The predicted octanol–water partition coefficient (Wildman–Crippen LogP) is 4.03. The van der Waals surface area contributed by atoms with Gasteiger partial charge in [0.05, 0.1) is 17.4 Å². The molecule has 0 rings (SSSR count). The third kappa shape index (κ3) is 8.01. The molecule has 0 spiro atoms. The first-order chi connectivity index (χ1) is 6.47. The number of rotatable bonds is 4. The molecule has 0 amide bonds. The van der Waals surface area contributed by atoms with Crippen LogP contribution in [0.2, 0.25) is 0 Å². The molecule has 0 saturated heterocycles. The fraction of sp³-hybridized carbons (Fsp3) is 0.909. The van der Waals surface area contributed by atoms with E-state index in [1.807, 2.05) is 41.5 Å². The minimum Gasteiger partial charge on any atom is -0.303 e. The standard InChI is InChI=1S/C11H24O3P/c1-8-9-15(12,13-10(2,3)4)14-11(5,6)7/h1,8-9H2,2-7H3. The Kier molecular flexibility index (Phi) is 5.04. The molecule has 1 radical (unpaired) electrons. The Morgan fingerprint density at radius 1 is 1.00 bits per heavy atom. The molecule has 0 atom stereocenters. The van der Waals surface area contributed by atoms with Crippen LogP contribution in [0.4, 0.5) is 0 Å². The summed E-state index contributed by atoms with van der Waals surface area (Å²) in [4.78, 5) is 0. The van der Waals surface area contributed by atoms with E-state index in [0.717, 1.165) is 0 Å². The van der Waals surface area contributed by atoms with Crippen LogP contribution in [0.5, 0.6) is 0 Å². The van der Waals surface area contributed by atoms with Crippen LogP contribution in [0.15, 0.2) is 0 Å². The first-order valence-corrected chi connectivity index (χ1v) is 7.00. The number of hydrogen-bond donors (Lipinski definition) is 0. The van der Waals surface area contributed by atoms with Crippen LogP contribution in [-0.4, -0.2) is 17.4 Å². The van der Waals surface area contributed by atoms with E-state index in [-0.39, 0.29) is 0 Å². The van der Waals surface area contributed by atoms with Gasteiger partial charge < -0.3 is 9.05 Å². The van der Waals surface area contributed by atoms with Crippen molar-refractivity contribution in [3.8, 4) is 0 Å². The van der Waals surface area contributed by atoms with Gasteiger partial charge in [-0.15, -0.1) is 0 Å². The Bertz CT molecular complexity index is 215. The summed E-state index contributed by atoms with van der Waals surface area (Å²) < 4.78 is 23.4. The third-order valence-electron chi connectivity index (χ3n) is 1.26. The summed E-state index contributed by atoms with van der Waals surface area (Å²) in [7, 11) is -3.02. The first kappa shape index (κ1) is 15.2. The molecule has 0 saturated carbocycles. The summed E-state index contributed by atoms with van der Waals surface area (Å²) in [5, 5.41) is 0. The van der Waals surface area contributed by atoms with Crippen molar-refractivity contribution in [3.05, 3.63) is 6.92 Å². The second kappa shape index (κ2) is 4.99. The molecule has 3 nitrogen and oxygen atoms in total. The Balaban J connectivity index is 4.68. The quantitative estimate of drug-likeness (QED) is 0.690. The summed E-state index contributed by atoms with van der Waals surface area (Å²) in [6.45, 7) is 14.9. The van der Waals surface area contributed by atoms with Crippen molar-refractivity contribution in [2.75, 3.05) is 6.16 Å². The minimum absolute atomic E-state index is 0.363. The first-order valence-electron chi connectivity index (χ1n) is 5.27. The van der Waals surface area contributed by atoms with Crippen LogP contribution in [-0.2, 0) is 13.6 Å². The topological polar surface area (TPSA) is 35.5 Å². The zero-order valence-electron chi connectivity index (χ0n) is 10.8. The van der Waals surface area contributed by atoms with Gasteiger partial charge in [-0.05, 0) is 48.0 Å².